The van der Waals surface area contributed by atoms with E-state index >= 15 is 0 Å². The Bertz CT molecular complexity index is 939. The van der Waals surface area contributed by atoms with Crippen LogP contribution in [-0.2, 0) is 14.4 Å². The molecule has 0 spiro atoms. The minimum absolute atomic E-state index is 0.00466. The summed E-state index contributed by atoms with van der Waals surface area (Å²) in [5.74, 6) is -0.878. The smallest absolute Gasteiger partial charge is 0.243 e. The van der Waals surface area contributed by atoms with Crippen LogP contribution in [0.5, 0.6) is 0 Å². The Hall–Kier alpha value is -3.15. The van der Waals surface area contributed by atoms with Crippen LogP contribution in [0.3, 0.4) is 0 Å². The summed E-state index contributed by atoms with van der Waals surface area (Å²) in [5, 5.41) is 5.49. The number of anilines is 1. The van der Waals surface area contributed by atoms with Gasteiger partial charge in [-0.1, -0.05) is 68.7 Å². The lowest BCUT2D eigenvalue weighted by Gasteiger charge is -2.36. The van der Waals surface area contributed by atoms with E-state index in [1.54, 1.807) is 4.90 Å². The zero-order valence-corrected chi connectivity index (χ0v) is 19.7. The summed E-state index contributed by atoms with van der Waals surface area (Å²) in [5.41, 5.74) is 2.72. The summed E-state index contributed by atoms with van der Waals surface area (Å²) in [6.07, 6.45) is 5.80. The Labute approximate surface area is 196 Å². The lowest BCUT2D eigenvalue weighted by atomic mass is 9.90. The van der Waals surface area contributed by atoms with E-state index in [0.29, 0.717) is 12.1 Å². The highest BCUT2D eigenvalue weighted by Gasteiger charge is 2.32. The molecule has 176 valence electrons. The molecule has 0 bridgehead atoms. The number of amides is 3. The normalized spacial score (nSPS) is 14.8. The van der Waals surface area contributed by atoms with Crippen LogP contribution in [0, 0.1) is 6.92 Å². The van der Waals surface area contributed by atoms with E-state index in [1.165, 1.54) is 6.42 Å². The fraction of sp³-hybridized carbons (Fsp3) is 0.444. The van der Waals surface area contributed by atoms with Crippen LogP contribution in [-0.4, -0.2) is 41.8 Å². The standard InChI is InChI=1S/C27H35N3O3/c1-3-24(21-12-6-4-7-13-21)27(33)30(23-15-8-5-9-16-23)19-26(32)28-18-25(31)29-22-14-10-11-20(2)17-22/h4,6-7,10-14,17,23-24H,3,5,8-9,15-16,18-19H2,1-2H3,(H,28,32)(H,29,31). The zero-order chi connectivity index (χ0) is 23.6. The minimum Gasteiger partial charge on any atom is -0.345 e. The Kier molecular flexibility index (Phi) is 9.04. The van der Waals surface area contributed by atoms with Crippen LogP contribution in [0.1, 0.15) is 62.5 Å². The molecule has 2 N–H and O–H groups in total. The van der Waals surface area contributed by atoms with Gasteiger partial charge in [-0.05, 0) is 49.4 Å². The van der Waals surface area contributed by atoms with Crippen molar-refractivity contribution in [1.29, 1.82) is 0 Å². The summed E-state index contributed by atoms with van der Waals surface area (Å²) in [6, 6.07) is 17.3. The number of nitrogens with one attached hydrogen (secondary N) is 2. The predicted molar refractivity (Wildman–Crippen MR) is 131 cm³/mol. The number of carbonyl (C=O) groups is 3. The highest BCUT2D eigenvalue weighted by atomic mass is 16.2. The molecule has 2 aromatic rings. The third kappa shape index (κ3) is 7.17. The number of aryl methyl sites for hydroxylation is 1. The molecule has 1 aliphatic rings. The lowest BCUT2D eigenvalue weighted by Crippen LogP contribution is -2.49. The number of hydrogen-bond acceptors (Lipinski definition) is 3. The Morgan fingerprint density at radius 2 is 1.70 bits per heavy atom. The van der Waals surface area contributed by atoms with Gasteiger partial charge in [0.05, 0.1) is 19.0 Å². The minimum atomic E-state index is -0.309. The molecule has 1 saturated carbocycles. The van der Waals surface area contributed by atoms with Crippen LogP contribution in [0.2, 0.25) is 0 Å². The molecule has 0 radical (unpaired) electrons. The summed E-state index contributed by atoms with van der Waals surface area (Å²) in [6.45, 7) is 3.80. The molecule has 6 heteroatoms. The van der Waals surface area contributed by atoms with Gasteiger partial charge in [0.25, 0.3) is 0 Å². The first-order valence-corrected chi connectivity index (χ1v) is 12.0. The zero-order valence-electron chi connectivity index (χ0n) is 19.7. The number of nitrogens with zero attached hydrogens (tertiary/aromatic N) is 1. The highest BCUT2D eigenvalue weighted by molar-refractivity contribution is 5.95. The second-order valence-electron chi connectivity index (χ2n) is 8.82. The van der Waals surface area contributed by atoms with Crippen LogP contribution < -0.4 is 10.6 Å². The maximum Gasteiger partial charge on any atom is 0.243 e. The van der Waals surface area contributed by atoms with Gasteiger partial charge in [-0.15, -0.1) is 0 Å². The Morgan fingerprint density at radius 1 is 0.970 bits per heavy atom. The third-order valence-corrected chi connectivity index (χ3v) is 6.27. The first-order valence-electron chi connectivity index (χ1n) is 12.0. The summed E-state index contributed by atoms with van der Waals surface area (Å²) in [4.78, 5) is 40.4. The van der Waals surface area contributed by atoms with Crippen LogP contribution in [0.4, 0.5) is 5.69 Å². The summed E-state index contributed by atoms with van der Waals surface area (Å²) < 4.78 is 0. The maximum absolute atomic E-state index is 13.6. The van der Waals surface area contributed by atoms with Crippen molar-refractivity contribution in [1.82, 2.24) is 10.2 Å². The summed E-state index contributed by atoms with van der Waals surface area (Å²) in [7, 11) is 0. The average Bonchev–Trinajstić information content (AvgIpc) is 2.83. The van der Waals surface area contributed by atoms with Gasteiger partial charge in [0.2, 0.25) is 17.7 Å². The molecule has 33 heavy (non-hydrogen) atoms. The largest absolute Gasteiger partial charge is 0.345 e. The predicted octanol–water partition coefficient (Wildman–Crippen LogP) is 4.40. The monoisotopic (exact) mass is 449 g/mol. The number of benzene rings is 2. The first kappa shape index (κ1) is 24.5. The van der Waals surface area contributed by atoms with Crippen molar-refractivity contribution in [2.24, 2.45) is 0 Å². The molecule has 1 unspecified atom stereocenters. The maximum atomic E-state index is 13.6. The first-order chi connectivity index (χ1) is 16.0. The van der Waals surface area contributed by atoms with Crippen molar-refractivity contribution in [3.8, 4) is 0 Å². The van der Waals surface area contributed by atoms with Gasteiger partial charge in [-0.3, -0.25) is 14.4 Å². The van der Waals surface area contributed by atoms with Crippen molar-refractivity contribution < 1.29 is 14.4 Å². The molecular weight excluding hydrogens is 414 g/mol. The summed E-state index contributed by atoms with van der Waals surface area (Å²) >= 11 is 0. The van der Waals surface area contributed by atoms with Crippen molar-refractivity contribution in [3.63, 3.8) is 0 Å². The molecule has 3 amide bonds. The molecule has 0 saturated heterocycles. The molecule has 1 aliphatic carbocycles. The highest BCUT2D eigenvalue weighted by Crippen LogP contribution is 2.28. The lowest BCUT2D eigenvalue weighted by molar-refractivity contribution is -0.140. The van der Waals surface area contributed by atoms with E-state index < -0.39 is 0 Å². The number of rotatable bonds is 9. The molecular formula is C27H35N3O3. The van der Waals surface area contributed by atoms with Crippen molar-refractivity contribution in [2.75, 3.05) is 18.4 Å². The van der Waals surface area contributed by atoms with Gasteiger partial charge < -0.3 is 15.5 Å². The topological polar surface area (TPSA) is 78.5 Å². The van der Waals surface area contributed by atoms with Crippen LogP contribution in [0.25, 0.3) is 0 Å². The molecule has 6 nitrogen and oxygen atoms in total. The van der Waals surface area contributed by atoms with Gasteiger partial charge in [0.15, 0.2) is 0 Å². The molecule has 3 rings (SSSR count). The second kappa shape index (κ2) is 12.2. The van der Waals surface area contributed by atoms with Gasteiger partial charge in [0, 0.05) is 11.7 Å². The van der Waals surface area contributed by atoms with E-state index in [0.717, 1.165) is 36.8 Å². The molecule has 0 aliphatic heterocycles. The molecule has 0 aromatic heterocycles. The fourth-order valence-electron chi connectivity index (χ4n) is 4.54. The van der Waals surface area contributed by atoms with Gasteiger partial charge in [-0.2, -0.15) is 0 Å². The Balaban J connectivity index is 1.63. The van der Waals surface area contributed by atoms with E-state index in [4.69, 9.17) is 0 Å². The van der Waals surface area contributed by atoms with E-state index in [2.05, 4.69) is 10.6 Å². The van der Waals surface area contributed by atoms with Crippen LogP contribution in [0.15, 0.2) is 54.6 Å². The second-order valence-corrected chi connectivity index (χ2v) is 8.82. The number of carbonyl (C=O) groups excluding carboxylic acids is 3. The van der Waals surface area contributed by atoms with Crippen molar-refractivity contribution >= 4 is 23.4 Å². The molecule has 2 aromatic carbocycles. The van der Waals surface area contributed by atoms with E-state index in [-0.39, 0.29) is 42.8 Å². The molecule has 1 atom stereocenters. The molecule has 0 heterocycles. The van der Waals surface area contributed by atoms with Gasteiger partial charge in [-0.25, -0.2) is 0 Å². The Morgan fingerprint density at radius 3 is 2.36 bits per heavy atom. The molecule has 1 fully saturated rings. The quantitative estimate of drug-likeness (QED) is 0.595. The van der Waals surface area contributed by atoms with Gasteiger partial charge >= 0.3 is 0 Å². The average molecular weight is 450 g/mol. The van der Waals surface area contributed by atoms with Crippen LogP contribution >= 0.6 is 0 Å². The van der Waals surface area contributed by atoms with E-state index in [1.807, 2.05) is 68.4 Å². The van der Waals surface area contributed by atoms with Crippen molar-refractivity contribution in [2.45, 2.75) is 64.3 Å². The van der Waals surface area contributed by atoms with E-state index in [9.17, 15) is 14.4 Å². The van der Waals surface area contributed by atoms with Crippen molar-refractivity contribution in [3.05, 3.63) is 65.7 Å². The van der Waals surface area contributed by atoms with Gasteiger partial charge in [0.1, 0.15) is 0 Å². The SMILES string of the molecule is CCC(C(=O)N(CC(=O)NCC(=O)Nc1cccc(C)c1)C1CCCCC1)c1ccccc1. The fourth-order valence-corrected chi connectivity index (χ4v) is 4.54. The number of hydrogen-bond donors (Lipinski definition) is 2. The third-order valence-electron chi connectivity index (χ3n) is 6.27.